The molecule has 1 saturated heterocycles. The second-order valence-electron chi connectivity index (χ2n) is 6.55. The largest absolute Gasteiger partial charge is 0.478 e. The Bertz CT molecular complexity index is 1030. The number of aromatic carboxylic acids is 1. The number of anilines is 2. The van der Waals surface area contributed by atoms with E-state index in [1.54, 1.807) is 37.3 Å². The van der Waals surface area contributed by atoms with Crippen LogP contribution in [0.15, 0.2) is 59.7 Å². The maximum absolute atomic E-state index is 12.8. The summed E-state index contributed by atoms with van der Waals surface area (Å²) in [7, 11) is 0. The van der Waals surface area contributed by atoms with Crippen LogP contribution >= 0.6 is 0 Å². The van der Waals surface area contributed by atoms with Crippen LogP contribution in [0.25, 0.3) is 0 Å². The van der Waals surface area contributed by atoms with E-state index in [2.05, 4.69) is 10.5 Å². The minimum atomic E-state index is -1.78. The Kier molecular flexibility index (Phi) is 5.63. The number of carbonyl (C=O) groups excluding carboxylic acids is 3. The van der Waals surface area contributed by atoms with Gasteiger partial charge in [0.05, 0.1) is 17.9 Å². The lowest BCUT2D eigenvalue weighted by molar-refractivity contribution is -0.147. The summed E-state index contributed by atoms with van der Waals surface area (Å²) < 4.78 is 5.14. The van der Waals surface area contributed by atoms with Gasteiger partial charge < -0.3 is 9.84 Å². The fraction of sp³-hybridized carbons (Fsp3) is 0.190. The third kappa shape index (κ3) is 3.52. The first-order chi connectivity index (χ1) is 14.3. The van der Waals surface area contributed by atoms with Gasteiger partial charge in [-0.05, 0) is 50.2 Å². The molecule has 1 fully saturated rings. The van der Waals surface area contributed by atoms with Crippen LogP contribution in [0.3, 0.4) is 0 Å². The van der Waals surface area contributed by atoms with E-state index in [1.165, 1.54) is 31.2 Å². The zero-order valence-electron chi connectivity index (χ0n) is 16.3. The summed E-state index contributed by atoms with van der Waals surface area (Å²) in [6, 6.07) is 13.9. The first-order valence-corrected chi connectivity index (χ1v) is 9.09. The molecule has 0 spiro atoms. The Morgan fingerprint density at radius 3 is 2.30 bits per heavy atom. The molecule has 1 unspecified atom stereocenters. The van der Waals surface area contributed by atoms with Crippen molar-refractivity contribution >= 4 is 40.7 Å². The Balaban J connectivity index is 2.03. The highest BCUT2D eigenvalue weighted by Crippen LogP contribution is 2.33. The van der Waals surface area contributed by atoms with Gasteiger partial charge in [-0.15, -0.1) is 0 Å². The van der Waals surface area contributed by atoms with Gasteiger partial charge in [-0.2, -0.15) is 5.10 Å². The maximum atomic E-state index is 12.8. The third-order valence-corrected chi connectivity index (χ3v) is 4.64. The summed E-state index contributed by atoms with van der Waals surface area (Å²) >= 11 is 0. The number of nitrogens with zero attached hydrogens (tertiary/aromatic N) is 2. The van der Waals surface area contributed by atoms with Gasteiger partial charge in [-0.1, -0.05) is 18.2 Å². The molecule has 30 heavy (non-hydrogen) atoms. The maximum Gasteiger partial charge on any atom is 0.338 e. The first-order valence-electron chi connectivity index (χ1n) is 9.09. The number of benzene rings is 2. The highest BCUT2D eigenvalue weighted by atomic mass is 16.5. The molecular weight excluding hydrogens is 390 g/mol. The molecule has 9 nitrogen and oxygen atoms in total. The molecule has 2 N–H and O–H groups in total. The molecule has 0 radical (unpaired) electrons. The fourth-order valence-electron chi connectivity index (χ4n) is 3.11. The highest BCUT2D eigenvalue weighted by molar-refractivity contribution is 6.75. The average Bonchev–Trinajstić information content (AvgIpc) is 2.94. The average molecular weight is 409 g/mol. The molecular formula is C21H19N3O6. The van der Waals surface area contributed by atoms with E-state index in [0.717, 1.165) is 4.90 Å². The number of para-hydroxylation sites is 1. The number of ketones is 1. The van der Waals surface area contributed by atoms with Gasteiger partial charge in [0.2, 0.25) is 0 Å². The van der Waals surface area contributed by atoms with Gasteiger partial charge in [-0.25, -0.2) is 9.59 Å². The minimum Gasteiger partial charge on any atom is -0.478 e. The fourth-order valence-corrected chi connectivity index (χ4v) is 3.11. The summed E-state index contributed by atoms with van der Waals surface area (Å²) in [5.41, 5.74) is 1.31. The molecule has 0 saturated carbocycles. The number of hydrazone groups is 1. The van der Waals surface area contributed by atoms with Crippen molar-refractivity contribution in [2.24, 2.45) is 5.10 Å². The van der Waals surface area contributed by atoms with Gasteiger partial charge in [0.1, 0.15) is 0 Å². The van der Waals surface area contributed by atoms with Crippen LogP contribution in [0.2, 0.25) is 0 Å². The summed E-state index contributed by atoms with van der Waals surface area (Å²) in [6.45, 7) is 3.07. The lowest BCUT2D eigenvalue weighted by Crippen LogP contribution is -2.55. The Morgan fingerprint density at radius 2 is 1.73 bits per heavy atom. The number of esters is 1. The van der Waals surface area contributed by atoms with E-state index in [4.69, 9.17) is 9.84 Å². The van der Waals surface area contributed by atoms with Crippen LogP contribution in [0.1, 0.15) is 24.2 Å². The topological polar surface area (TPSA) is 125 Å². The van der Waals surface area contributed by atoms with Crippen LogP contribution in [-0.4, -0.2) is 46.6 Å². The molecule has 0 bridgehead atoms. The van der Waals surface area contributed by atoms with Crippen LogP contribution < -0.4 is 10.3 Å². The predicted octanol–water partition coefficient (Wildman–Crippen LogP) is 2.09. The molecule has 1 aliphatic rings. The van der Waals surface area contributed by atoms with Crippen LogP contribution in [-0.2, 0) is 19.1 Å². The Hall–Kier alpha value is -4.01. The smallest absolute Gasteiger partial charge is 0.338 e. The molecule has 1 amide bonds. The van der Waals surface area contributed by atoms with Crippen LogP contribution in [0.5, 0.6) is 0 Å². The van der Waals surface area contributed by atoms with Crippen molar-refractivity contribution in [2.45, 2.75) is 19.4 Å². The third-order valence-electron chi connectivity index (χ3n) is 4.64. The minimum absolute atomic E-state index is 0.0524. The number of hydrogen-bond acceptors (Lipinski definition) is 7. The lowest BCUT2D eigenvalue weighted by Gasteiger charge is -2.31. The van der Waals surface area contributed by atoms with Crippen molar-refractivity contribution in [1.29, 1.82) is 0 Å². The van der Waals surface area contributed by atoms with E-state index >= 15 is 0 Å². The summed E-state index contributed by atoms with van der Waals surface area (Å²) in [5.74, 6) is -3.73. The lowest BCUT2D eigenvalue weighted by atomic mass is 9.95. The van der Waals surface area contributed by atoms with Crippen molar-refractivity contribution < 1.29 is 29.0 Å². The molecule has 2 aromatic rings. The number of Topliss-reactive ketones (excluding diaryl/α,β-unsaturated/α-hetero) is 1. The van der Waals surface area contributed by atoms with Crippen molar-refractivity contribution in [1.82, 2.24) is 0 Å². The monoisotopic (exact) mass is 409 g/mol. The zero-order valence-corrected chi connectivity index (χ0v) is 16.3. The van der Waals surface area contributed by atoms with Crippen LogP contribution in [0, 0.1) is 0 Å². The number of hydrogen-bond donors (Lipinski definition) is 2. The van der Waals surface area contributed by atoms with Crippen LogP contribution in [0.4, 0.5) is 11.4 Å². The molecule has 1 atom stereocenters. The van der Waals surface area contributed by atoms with Gasteiger partial charge in [-0.3, -0.25) is 19.9 Å². The number of rotatable bonds is 6. The number of ether oxygens (including phenoxy) is 1. The molecule has 9 heteroatoms. The van der Waals surface area contributed by atoms with E-state index in [0.29, 0.717) is 11.4 Å². The van der Waals surface area contributed by atoms with Gasteiger partial charge in [0, 0.05) is 5.69 Å². The first kappa shape index (κ1) is 20.7. The van der Waals surface area contributed by atoms with Crippen molar-refractivity contribution in [3.8, 4) is 0 Å². The molecule has 154 valence electrons. The SMILES string of the molecule is CCOC(=O)C1(C)/C(=N\Nc2ccc(C(=O)O)cc2)C(=O)C(=O)N1c1ccccc1. The van der Waals surface area contributed by atoms with Gasteiger partial charge >= 0.3 is 17.8 Å². The van der Waals surface area contributed by atoms with Gasteiger partial charge in [0.15, 0.2) is 11.3 Å². The predicted molar refractivity (Wildman–Crippen MR) is 108 cm³/mol. The van der Waals surface area contributed by atoms with Crippen molar-refractivity contribution in [2.75, 3.05) is 16.9 Å². The summed E-state index contributed by atoms with van der Waals surface area (Å²) in [6.07, 6.45) is 0. The van der Waals surface area contributed by atoms with E-state index in [9.17, 15) is 19.2 Å². The second-order valence-corrected chi connectivity index (χ2v) is 6.55. The second kappa shape index (κ2) is 8.16. The van der Waals surface area contributed by atoms with E-state index < -0.39 is 29.2 Å². The highest BCUT2D eigenvalue weighted by Gasteiger charge is 2.60. The standard InChI is InChI=1S/C21H19N3O6/c1-3-30-20(29)21(2)17(23-22-14-11-9-13(10-12-14)19(27)28)16(25)18(26)24(21)15-7-5-4-6-8-15/h4-12,22H,3H2,1-2H3,(H,27,28)/b23-17-. The quantitative estimate of drug-likeness (QED) is 0.425. The molecule has 3 rings (SSSR count). The van der Waals surface area contributed by atoms with E-state index in [-0.39, 0.29) is 17.9 Å². The molecule has 2 aromatic carbocycles. The van der Waals surface area contributed by atoms with Crippen molar-refractivity contribution in [3.63, 3.8) is 0 Å². The summed E-state index contributed by atoms with van der Waals surface area (Å²) in [5, 5.41) is 13.0. The molecule has 0 aliphatic carbocycles. The number of carboxylic acids is 1. The Labute approximate surface area is 171 Å². The number of nitrogens with one attached hydrogen (secondary N) is 1. The van der Waals surface area contributed by atoms with E-state index in [1.807, 2.05) is 0 Å². The van der Waals surface area contributed by atoms with Gasteiger partial charge in [0.25, 0.3) is 5.78 Å². The normalized spacial score (nSPS) is 19.8. The Morgan fingerprint density at radius 1 is 1.10 bits per heavy atom. The van der Waals surface area contributed by atoms with Crippen molar-refractivity contribution in [3.05, 3.63) is 60.2 Å². The molecule has 1 heterocycles. The molecule has 1 aliphatic heterocycles. The molecule has 0 aromatic heterocycles. The zero-order chi connectivity index (χ0) is 21.9. The number of carboxylic acid groups (broad SMARTS) is 1. The number of amides is 1. The summed E-state index contributed by atoms with van der Waals surface area (Å²) in [4.78, 5) is 50.4. The number of carbonyl (C=O) groups is 4.